The largest absolute Gasteiger partial charge is 0.472 e. The Hall–Kier alpha value is -1.94. The van der Waals surface area contributed by atoms with E-state index in [9.17, 15) is 43.2 Å². The third-order valence-corrected chi connectivity index (χ3v) is 23.0. The highest BCUT2D eigenvalue weighted by Crippen LogP contribution is 2.45. The molecule has 0 amide bonds. The maximum absolute atomic E-state index is 13.2. The van der Waals surface area contributed by atoms with Gasteiger partial charge in [-0.2, -0.15) is 0 Å². The second-order valence-electron chi connectivity index (χ2n) is 32.2. The topological polar surface area (TPSA) is 237 Å². The molecule has 0 aliphatic heterocycles. The maximum Gasteiger partial charge on any atom is 0.472 e. The average Bonchev–Trinajstić information content (AvgIpc) is 0.901. The first-order valence-electron chi connectivity index (χ1n) is 44.9. The van der Waals surface area contributed by atoms with Crippen LogP contribution >= 0.6 is 15.6 Å². The highest BCUT2D eigenvalue weighted by atomic mass is 31.2. The number of aliphatic hydroxyl groups excluding tert-OH is 1. The first-order valence-corrected chi connectivity index (χ1v) is 47.9. The van der Waals surface area contributed by atoms with Crippen LogP contribution in [0.4, 0.5) is 0 Å². The number of hydrogen-bond donors (Lipinski definition) is 3. The summed E-state index contributed by atoms with van der Waals surface area (Å²) >= 11 is 0. The van der Waals surface area contributed by atoms with Gasteiger partial charge in [-0.1, -0.05) is 408 Å². The lowest BCUT2D eigenvalue weighted by atomic mass is 9.99. The number of phosphoric ester groups is 2. The first kappa shape index (κ1) is 104. The van der Waals surface area contributed by atoms with Gasteiger partial charge in [-0.05, 0) is 43.4 Å². The molecule has 0 spiro atoms. The average molecular weight is 1550 g/mol. The molecule has 106 heavy (non-hydrogen) atoms. The molecule has 4 unspecified atom stereocenters. The Morgan fingerprint density at radius 2 is 0.481 bits per heavy atom. The molecule has 0 aromatic heterocycles. The van der Waals surface area contributed by atoms with Crippen molar-refractivity contribution in [1.82, 2.24) is 0 Å². The number of carbonyl (C=O) groups excluding carboxylic acids is 4. The van der Waals surface area contributed by atoms with E-state index in [0.717, 1.165) is 114 Å². The van der Waals surface area contributed by atoms with Crippen molar-refractivity contribution in [3.8, 4) is 0 Å². The van der Waals surface area contributed by atoms with Crippen molar-refractivity contribution >= 4 is 39.5 Å². The molecule has 0 radical (unpaired) electrons. The van der Waals surface area contributed by atoms with Crippen LogP contribution in [0.3, 0.4) is 0 Å². The van der Waals surface area contributed by atoms with E-state index in [1.807, 2.05) is 0 Å². The molecule has 630 valence electrons. The van der Waals surface area contributed by atoms with Crippen LogP contribution in [0.1, 0.15) is 459 Å². The minimum Gasteiger partial charge on any atom is -0.462 e. The molecular formula is C87H170O17P2. The van der Waals surface area contributed by atoms with E-state index in [4.69, 9.17) is 37.0 Å². The molecule has 0 saturated heterocycles. The molecule has 0 fully saturated rings. The number of phosphoric acid groups is 2. The molecule has 0 aromatic rings. The second kappa shape index (κ2) is 77.0. The Balaban J connectivity index is 5.22. The molecule has 0 aliphatic rings. The lowest BCUT2D eigenvalue weighted by molar-refractivity contribution is -0.161. The summed E-state index contributed by atoms with van der Waals surface area (Å²) in [5.41, 5.74) is 0. The van der Waals surface area contributed by atoms with Gasteiger partial charge in [0.1, 0.15) is 19.3 Å². The molecule has 3 N–H and O–H groups in total. The third-order valence-electron chi connectivity index (χ3n) is 21.1. The monoisotopic (exact) mass is 1550 g/mol. The standard InChI is InChI=1S/C87H170O17P2/c1-8-11-12-13-14-15-16-17-18-19-20-21-22-26-29-32-35-41-46-54-61-68-84(89)97-74-82(103-86(91)70-63-56-47-42-36-33-30-27-24-23-25-28-31-34-39-44-51-58-65-78(4)5)76-101-105(93,94)99-72-81(88)73-100-106(95,96)102-77-83(75-98-85(90)69-62-55-50-49-53-60-67-80(7)10-3)104-87(92)71-64-57-48-43-38-37-40-45-52-59-66-79(6)9-2/h78-83,88H,8-77H2,1-7H3,(H,93,94)(H,95,96)/t79?,80?,81-,82-,83-/m1/s1. The van der Waals surface area contributed by atoms with Crippen molar-refractivity contribution in [2.24, 2.45) is 17.8 Å². The van der Waals surface area contributed by atoms with Gasteiger partial charge in [-0.3, -0.25) is 37.3 Å². The molecule has 0 aromatic carbocycles. The van der Waals surface area contributed by atoms with E-state index in [0.29, 0.717) is 25.7 Å². The van der Waals surface area contributed by atoms with Crippen LogP contribution < -0.4 is 0 Å². The van der Waals surface area contributed by atoms with Gasteiger partial charge in [0, 0.05) is 25.7 Å². The smallest absolute Gasteiger partial charge is 0.462 e. The number of unbranched alkanes of at least 4 members (excludes halogenated alkanes) is 51. The van der Waals surface area contributed by atoms with E-state index in [2.05, 4.69) is 48.5 Å². The fraction of sp³-hybridized carbons (Fsp3) is 0.954. The predicted octanol–water partition coefficient (Wildman–Crippen LogP) is 26.5. The Morgan fingerprint density at radius 1 is 0.274 bits per heavy atom. The number of aliphatic hydroxyl groups is 1. The van der Waals surface area contributed by atoms with E-state index < -0.39 is 97.5 Å². The van der Waals surface area contributed by atoms with Gasteiger partial charge in [-0.25, -0.2) is 9.13 Å². The molecule has 0 aliphatic carbocycles. The van der Waals surface area contributed by atoms with Crippen molar-refractivity contribution in [2.45, 2.75) is 478 Å². The summed E-state index contributed by atoms with van der Waals surface area (Å²) in [6, 6.07) is 0. The van der Waals surface area contributed by atoms with E-state index in [1.54, 1.807) is 0 Å². The quantitative estimate of drug-likeness (QED) is 0.0222. The second-order valence-corrected chi connectivity index (χ2v) is 35.1. The summed E-state index contributed by atoms with van der Waals surface area (Å²) in [6.45, 7) is 12.0. The van der Waals surface area contributed by atoms with Gasteiger partial charge < -0.3 is 33.8 Å². The van der Waals surface area contributed by atoms with E-state index in [-0.39, 0.29) is 25.7 Å². The molecule has 0 rings (SSSR count). The number of esters is 4. The summed E-state index contributed by atoms with van der Waals surface area (Å²) in [4.78, 5) is 73.2. The van der Waals surface area contributed by atoms with Gasteiger partial charge in [0.05, 0.1) is 26.4 Å². The van der Waals surface area contributed by atoms with Crippen molar-refractivity contribution in [3.05, 3.63) is 0 Å². The van der Waals surface area contributed by atoms with E-state index in [1.165, 1.54) is 263 Å². The number of rotatable bonds is 85. The Bertz CT molecular complexity index is 2050. The number of hydrogen-bond acceptors (Lipinski definition) is 15. The molecule has 0 heterocycles. The molecule has 0 saturated carbocycles. The summed E-state index contributed by atoms with van der Waals surface area (Å²) in [5.74, 6) is 0.247. The molecule has 7 atom stereocenters. The van der Waals surface area contributed by atoms with Crippen LogP contribution in [0, 0.1) is 17.8 Å². The maximum atomic E-state index is 13.2. The molecule has 0 bridgehead atoms. The summed E-state index contributed by atoms with van der Waals surface area (Å²) in [7, 11) is -9.93. The summed E-state index contributed by atoms with van der Waals surface area (Å²) in [5, 5.41) is 10.7. The van der Waals surface area contributed by atoms with Crippen molar-refractivity contribution in [2.75, 3.05) is 39.6 Å². The van der Waals surface area contributed by atoms with Crippen LogP contribution in [0.25, 0.3) is 0 Å². The summed E-state index contributed by atoms with van der Waals surface area (Å²) in [6.07, 6.45) is 68.2. The van der Waals surface area contributed by atoms with Crippen LogP contribution in [-0.4, -0.2) is 96.7 Å². The highest BCUT2D eigenvalue weighted by molar-refractivity contribution is 7.47. The lowest BCUT2D eigenvalue weighted by Crippen LogP contribution is -2.30. The number of carbonyl (C=O) groups is 4. The predicted molar refractivity (Wildman–Crippen MR) is 437 cm³/mol. The van der Waals surface area contributed by atoms with Gasteiger partial charge in [0.2, 0.25) is 0 Å². The Morgan fingerprint density at radius 3 is 0.717 bits per heavy atom. The van der Waals surface area contributed by atoms with Crippen LogP contribution in [0.2, 0.25) is 0 Å². The van der Waals surface area contributed by atoms with Crippen molar-refractivity contribution < 1.29 is 80.2 Å². The fourth-order valence-corrected chi connectivity index (χ4v) is 15.1. The first-order chi connectivity index (χ1) is 51.3. The SMILES string of the molecule is CCCCCCCCCCCCCCCCCCCCCCCC(=O)OC[C@H](COP(=O)(O)OC[C@@H](O)COP(=O)(O)OC[C@@H](COC(=O)CCCCCCCCC(C)CC)OC(=O)CCCCCCCCCCCCC(C)CC)OC(=O)CCCCCCCCCCCCCCCCCCCCC(C)C. The van der Waals surface area contributed by atoms with Crippen molar-refractivity contribution in [3.63, 3.8) is 0 Å². The fourth-order valence-electron chi connectivity index (χ4n) is 13.5. The zero-order valence-electron chi connectivity index (χ0n) is 69.9. The minimum absolute atomic E-state index is 0.105. The molecule has 17 nitrogen and oxygen atoms in total. The normalized spacial score (nSPS) is 14.4. The third kappa shape index (κ3) is 77.4. The highest BCUT2D eigenvalue weighted by Gasteiger charge is 2.31. The lowest BCUT2D eigenvalue weighted by Gasteiger charge is -2.21. The molecular weight excluding hydrogens is 1380 g/mol. The van der Waals surface area contributed by atoms with Crippen molar-refractivity contribution in [1.29, 1.82) is 0 Å². The minimum atomic E-state index is -4.97. The van der Waals surface area contributed by atoms with Gasteiger partial charge in [0.25, 0.3) is 0 Å². The van der Waals surface area contributed by atoms with Gasteiger partial charge in [0.15, 0.2) is 12.2 Å². The van der Waals surface area contributed by atoms with Crippen LogP contribution in [0.15, 0.2) is 0 Å². The van der Waals surface area contributed by atoms with Crippen LogP contribution in [-0.2, 0) is 65.4 Å². The van der Waals surface area contributed by atoms with E-state index >= 15 is 0 Å². The Kier molecular flexibility index (Phi) is 75.6. The zero-order chi connectivity index (χ0) is 77.9. The van der Waals surface area contributed by atoms with Gasteiger partial charge >= 0.3 is 39.5 Å². The molecule has 19 heteroatoms. The van der Waals surface area contributed by atoms with Crippen LogP contribution in [0.5, 0.6) is 0 Å². The number of ether oxygens (including phenoxy) is 4. The Labute approximate surface area is 651 Å². The zero-order valence-corrected chi connectivity index (χ0v) is 71.7. The summed E-state index contributed by atoms with van der Waals surface area (Å²) < 4.78 is 68.9. The van der Waals surface area contributed by atoms with Gasteiger partial charge in [-0.15, -0.1) is 0 Å².